The molecule has 0 aliphatic carbocycles. The minimum Gasteiger partial charge on any atom is -0.395 e. The van der Waals surface area contributed by atoms with Gasteiger partial charge in [0.05, 0.1) is 12.8 Å². The van der Waals surface area contributed by atoms with E-state index in [-0.39, 0.29) is 23.7 Å². The van der Waals surface area contributed by atoms with E-state index in [4.69, 9.17) is 0 Å². The van der Waals surface area contributed by atoms with Crippen LogP contribution < -0.4 is 9.80 Å². The minimum absolute atomic E-state index is 0.00262. The standard InChI is InChI=1S/C17H26FN5O2/c1-21(2)15-13(18)10-19-16(20-15)23-7-3-5-17(12-23)6-4-14(25)22(11-17)8-9-24/h10,24H,3-9,11-12H2,1-2H3. The van der Waals surface area contributed by atoms with Crippen molar-refractivity contribution >= 4 is 17.7 Å². The fourth-order valence-electron chi connectivity index (χ4n) is 3.95. The van der Waals surface area contributed by atoms with Crippen LogP contribution >= 0.6 is 0 Å². The molecule has 1 atom stereocenters. The number of β-amino-alcohol motifs (C(OH)–C–C–N with tert-alkyl or cyclic N) is 1. The highest BCUT2D eigenvalue weighted by Crippen LogP contribution is 2.39. The molecular formula is C17H26FN5O2. The van der Waals surface area contributed by atoms with Gasteiger partial charge in [-0.3, -0.25) is 4.79 Å². The summed E-state index contributed by atoms with van der Waals surface area (Å²) in [6.07, 6.45) is 4.61. The van der Waals surface area contributed by atoms with E-state index in [9.17, 15) is 14.3 Å². The maximum atomic E-state index is 13.9. The number of carbonyl (C=O) groups is 1. The molecule has 0 radical (unpaired) electrons. The van der Waals surface area contributed by atoms with Gasteiger partial charge in [0, 0.05) is 52.1 Å². The first kappa shape index (κ1) is 17.8. The number of aromatic nitrogens is 2. The Bertz CT molecular complexity index is 641. The highest BCUT2D eigenvalue weighted by molar-refractivity contribution is 5.77. The summed E-state index contributed by atoms with van der Waals surface area (Å²) in [5, 5.41) is 9.20. The van der Waals surface area contributed by atoms with Crippen molar-refractivity contribution in [2.45, 2.75) is 25.7 Å². The molecule has 8 heteroatoms. The zero-order valence-corrected chi connectivity index (χ0v) is 14.9. The smallest absolute Gasteiger partial charge is 0.227 e. The summed E-state index contributed by atoms with van der Waals surface area (Å²) in [4.78, 5) is 26.1. The van der Waals surface area contributed by atoms with Crippen molar-refractivity contribution in [1.82, 2.24) is 14.9 Å². The first-order chi connectivity index (χ1) is 11.9. The first-order valence-electron chi connectivity index (χ1n) is 8.77. The van der Waals surface area contributed by atoms with Gasteiger partial charge in [-0.05, 0) is 19.3 Å². The van der Waals surface area contributed by atoms with Gasteiger partial charge in [-0.25, -0.2) is 9.37 Å². The van der Waals surface area contributed by atoms with E-state index in [2.05, 4.69) is 14.9 Å². The van der Waals surface area contributed by atoms with Crippen LogP contribution in [-0.4, -0.2) is 72.8 Å². The summed E-state index contributed by atoms with van der Waals surface area (Å²) in [6.45, 7) is 2.61. The van der Waals surface area contributed by atoms with Crippen molar-refractivity contribution in [2.24, 2.45) is 5.41 Å². The number of likely N-dealkylation sites (tertiary alicyclic amines) is 1. The Morgan fingerprint density at radius 1 is 1.36 bits per heavy atom. The molecule has 0 saturated carbocycles. The monoisotopic (exact) mass is 351 g/mol. The number of hydrogen-bond acceptors (Lipinski definition) is 6. The Morgan fingerprint density at radius 3 is 2.88 bits per heavy atom. The third kappa shape index (κ3) is 3.68. The largest absolute Gasteiger partial charge is 0.395 e. The van der Waals surface area contributed by atoms with Gasteiger partial charge in [-0.15, -0.1) is 0 Å². The van der Waals surface area contributed by atoms with E-state index >= 15 is 0 Å². The zero-order chi connectivity index (χ0) is 18.0. The van der Waals surface area contributed by atoms with Crippen LogP contribution in [0.15, 0.2) is 6.20 Å². The fraction of sp³-hybridized carbons (Fsp3) is 0.706. The summed E-state index contributed by atoms with van der Waals surface area (Å²) in [5.74, 6) is 0.503. The SMILES string of the molecule is CN(C)c1nc(N2CCCC3(CCC(=O)N(CCO)C3)C2)ncc1F. The molecule has 2 saturated heterocycles. The van der Waals surface area contributed by atoms with Crippen LogP contribution in [0.25, 0.3) is 0 Å². The van der Waals surface area contributed by atoms with Crippen LogP contribution in [0.5, 0.6) is 0 Å². The number of halogens is 1. The van der Waals surface area contributed by atoms with E-state index in [0.717, 1.165) is 32.4 Å². The molecule has 25 heavy (non-hydrogen) atoms. The van der Waals surface area contributed by atoms with E-state index in [0.29, 0.717) is 25.5 Å². The number of aliphatic hydroxyl groups excluding tert-OH is 1. The molecule has 138 valence electrons. The lowest BCUT2D eigenvalue weighted by molar-refractivity contribution is -0.138. The third-order valence-electron chi connectivity index (χ3n) is 5.20. The molecule has 2 aliphatic rings. The highest BCUT2D eigenvalue weighted by Gasteiger charge is 2.42. The van der Waals surface area contributed by atoms with Crippen molar-refractivity contribution in [1.29, 1.82) is 0 Å². The van der Waals surface area contributed by atoms with E-state index in [1.807, 2.05) is 0 Å². The molecule has 1 aromatic rings. The van der Waals surface area contributed by atoms with Crippen molar-refractivity contribution in [3.8, 4) is 0 Å². The zero-order valence-electron chi connectivity index (χ0n) is 14.9. The van der Waals surface area contributed by atoms with Gasteiger partial charge < -0.3 is 19.8 Å². The quantitative estimate of drug-likeness (QED) is 0.868. The molecule has 3 rings (SSSR count). The Balaban J connectivity index is 1.79. The van der Waals surface area contributed by atoms with Crippen molar-refractivity contribution in [3.63, 3.8) is 0 Å². The number of piperidine rings is 2. The predicted molar refractivity (Wildman–Crippen MR) is 93.1 cm³/mol. The Hall–Kier alpha value is -1.96. The third-order valence-corrected chi connectivity index (χ3v) is 5.20. The molecule has 1 aromatic heterocycles. The normalized spacial score (nSPS) is 24.1. The maximum absolute atomic E-state index is 13.9. The van der Waals surface area contributed by atoms with Gasteiger partial charge in [-0.2, -0.15) is 4.98 Å². The minimum atomic E-state index is -0.433. The second-order valence-electron chi connectivity index (χ2n) is 7.30. The number of carbonyl (C=O) groups excluding carboxylic acids is 1. The van der Waals surface area contributed by atoms with Gasteiger partial charge in [0.15, 0.2) is 11.6 Å². The molecule has 2 aliphatic heterocycles. The molecule has 1 N–H and O–H groups in total. The van der Waals surface area contributed by atoms with Gasteiger partial charge >= 0.3 is 0 Å². The number of nitrogens with zero attached hydrogens (tertiary/aromatic N) is 5. The predicted octanol–water partition coefficient (Wildman–Crippen LogP) is 0.883. The van der Waals surface area contributed by atoms with E-state index < -0.39 is 5.82 Å². The lowest BCUT2D eigenvalue weighted by Gasteiger charge is -2.48. The summed E-state index contributed by atoms with van der Waals surface area (Å²) < 4.78 is 13.9. The molecule has 1 spiro atoms. The summed E-state index contributed by atoms with van der Waals surface area (Å²) >= 11 is 0. The molecule has 0 aromatic carbocycles. The maximum Gasteiger partial charge on any atom is 0.227 e. The van der Waals surface area contributed by atoms with Crippen molar-refractivity contribution in [3.05, 3.63) is 12.0 Å². The van der Waals surface area contributed by atoms with Gasteiger partial charge in [0.1, 0.15) is 0 Å². The molecule has 0 bridgehead atoms. The molecule has 1 amide bonds. The van der Waals surface area contributed by atoms with E-state index in [1.54, 1.807) is 23.9 Å². The number of amides is 1. The second-order valence-corrected chi connectivity index (χ2v) is 7.30. The van der Waals surface area contributed by atoms with Gasteiger partial charge in [-0.1, -0.05) is 0 Å². The van der Waals surface area contributed by atoms with Crippen LogP contribution in [0.2, 0.25) is 0 Å². The van der Waals surface area contributed by atoms with Crippen LogP contribution in [0.1, 0.15) is 25.7 Å². The summed E-state index contributed by atoms with van der Waals surface area (Å²) in [5.41, 5.74) is -0.00262. The topological polar surface area (TPSA) is 72.8 Å². The summed E-state index contributed by atoms with van der Waals surface area (Å²) in [6, 6.07) is 0. The van der Waals surface area contributed by atoms with Crippen molar-refractivity contribution < 1.29 is 14.3 Å². The van der Waals surface area contributed by atoms with Gasteiger partial charge in [0.2, 0.25) is 11.9 Å². The van der Waals surface area contributed by atoms with Crippen LogP contribution in [-0.2, 0) is 4.79 Å². The molecular weight excluding hydrogens is 325 g/mol. The molecule has 7 nitrogen and oxygen atoms in total. The summed E-state index contributed by atoms with van der Waals surface area (Å²) in [7, 11) is 3.51. The number of aliphatic hydroxyl groups is 1. The Morgan fingerprint density at radius 2 is 2.16 bits per heavy atom. The Labute approximate surface area is 147 Å². The highest BCUT2D eigenvalue weighted by atomic mass is 19.1. The first-order valence-corrected chi connectivity index (χ1v) is 8.77. The van der Waals surface area contributed by atoms with Crippen LogP contribution in [0, 0.1) is 11.2 Å². The molecule has 3 heterocycles. The fourth-order valence-corrected chi connectivity index (χ4v) is 3.95. The van der Waals surface area contributed by atoms with Crippen molar-refractivity contribution in [2.75, 3.05) is 56.7 Å². The van der Waals surface area contributed by atoms with Crippen LogP contribution in [0.3, 0.4) is 0 Å². The number of anilines is 2. The number of rotatable bonds is 4. The second kappa shape index (κ2) is 7.11. The van der Waals surface area contributed by atoms with Crippen LogP contribution in [0.4, 0.5) is 16.2 Å². The Kier molecular flexibility index (Phi) is 5.08. The molecule has 2 fully saturated rings. The average molecular weight is 351 g/mol. The average Bonchev–Trinajstić information content (AvgIpc) is 2.59. The molecule has 1 unspecified atom stereocenters. The van der Waals surface area contributed by atoms with E-state index in [1.165, 1.54) is 6.20 Å². The lowest BCUT2D eigenvalue weighted by Crippen LogP contribution is -2.54. The number of hydrogen-bond donors (Lipinski definition) is 1. The lowest BCUT2D eigenvalue weighted by atomic mass is 9.73. The van der Waals surface area contributed by atoms with Gasteiger partial charge in [0.25, 0.3) is 0 Å².